The summed E-state index contributed by atoms with van der Waals surface area (Å²) in [4.78, 5) is -0.405. The van der Waals surface area contributed by atoms with Crippen LogP contribution in [0.3, 0.4) is 0 Å². The highest BCUT2D eigenvalue weighted by atomic mass is 35.5. The molecule has 0 spiro atoms. The van der Waals surface area contributed by atoms with Gasteiger partial charge in [-0.25, -0.2) is 17.5 Å². The molecule has 1 aromatic rings. The van der Waals surface area contributed by atoms with Gasteiger partial charge in [-0.3, -0.25) is 0 Å². The molecule has 1 heterocycles. The normalized spacial score (nSPS) is 23.1. The van der Waals surface area contributed by atoms with Gasteiger partial charge in [-0.05, 0) is 38.4 Å². The molecule has 1 fully saturated rings. The van der Waals surface area contributed by atoms with E-state index in [-0.39, 0.29) is 29.5 Å². The predicted molar refractivity (Wildman–Crippen MR) is 79.5 cm³/mol. The third kappa shape index (κ3) is 3.83. The summed E-state index contributed by atoms with van der Waals surface area (Å²) < 4.78 is 40.7. The minimum atomic E-state index is -3.90. The van der Waals surface area contributed by atoms with Gasteiger partial charge in [-0.15, -0.1) is 12.4 Å². The Labute approximate surface area is 129 Å². The Bertz CT molecular complexity index is 569. The average molecular weight is 343 g/mol. The van der Waals surface area contributed by atoms with E-state index in [4.69, 9.17) is 11.6 Å². The highest BCUT2D eigenvalue weighted by molar-refractivity contribution is 7.89. The minimum absolute atomic E-state index is 0. The second-order valence-electron chi connectivity index (χ2n) is 4.66. The number of sulfonamides is 1. The van der Waals surface area contributed by atoms with Crippen LogP contribution in [0.4, 0.5) is 4.39 Å². The quantitative estimate of drug-likeness (QED) is 0.886. The molecule has 4 nitrogen and oxygen atoms in total. The molecule has 0 saturated carbocycles. The molecular weight excluding hydrogens is 326 g/mol. The van der Waals surface area contributed by atoms with Crippen molar-refractivity contribution in [2.45, 2.75) is 36.7 Å². The number of rotatable bonds is 3. The van der Waals surface area contributed by atoms with E-state index in [1.165, 1.54) is 18.2 Å². The Kier molecular flexibility index (Phi) is 6.22. The van der Waals surface area contributed by atoms with Gasteiger partial charge in [0, 0.05) is 12.1 Å². The molecule has 2 unspecified atom stereocenters. The van der Waals surface area contributed by atoms with Crippen molar-refractivity contribution in [1.29, 1.82) is 0 Å². The fourth-order valence-electron chi connectivity index (χ4n) is 2.16. The number of hydrogen-bond acceptors (Lipinski definition) is 3. The van der Waals surface area contributed by atoms with Crippen LogP contribution in [0.25, 0.3) is 0 Å². The molecule has 8 heteroatoms. The van der Waals surface area contributed by atoms with Crippen LogP contribution in [0.5, 0.6) is 0 Å². The monoisotopic (exact) mass is 342 g/mol. The number of hydrogen-bond donors (Lipinski definition) is 2. The molecule has 1 saturated heterocycles. The molecule has 0 aliphatic carbocycles. The Morgan fingerprint density at radius 1 is 1.45 bits per heavy atom. The molecule has 0 aromatic heterocycles. The summed E-state index contributed by atoms with van der Waals surface area (Å²) >= 11 is 5.61. The second kappa shape index (κ2) is 7.04. The first-order valence-corrected chi connectivity index (χ1v) is 7.97. The molecule has 20 heavy (non-hydrogen) atoms. The molecule has 0 radical (unpaired) electrons. The van der Waals surface area contributed by atoms with Gasteiger partial charge in [0.2, 0.25) is 10.0 Å². The number of halogens is 3. The van der Waals surface area contributed by atoms with Crippen molar-refractivity contribution < 1.29 is 12.8 Å². The van der Waals surface area contributed by atoms with E-state index in [0.717, 1.165) is 19.4 Å². The van der Waals surface area contributed by atoms with Gasteiger partial charge in [0.1, 0.15) is 4.90 Å². The van der Waals surface area contributed by atoms with E-state index in [1.807, 2.05) is 6.92 Å². The first kappa shape index (κ1) is 17.7. The summed E-state index contributed by atoms with van der Waals surface area (Å²) in [6.45, 7) is 2.77. The molecule has 114 valence electrons. The minimum Gasteiger partial charge on any atom is -0.313 e. The largest absolute Gasteiger partial charge is 0.313 e. The first-order valence-electron chi connectivity index (χ1n) is 6.11. The summed E-state index contributed by atoms with van der Waals surface area (Å²) in [6, 6.07) is 3.73. The van der Waals surface area contributed by atoms with Gasteiger partial charge in [0.15, 0.2) is 5.82 Å². The van der Waals surface area contributed by atoms with Gasteiger partial charge < -0.3 is 5.32 Å². The van der Waals surface area contributed by atoms with Crippen molar-refractivity contribution >= 4 is 34.0 Å². The smallest absolute Gasteiger partial charge is 0.243 e. The molecule has 1 aromatic carbocycles. The Morgan fingerprint density at radius 3 is 2.80 bits per heavy atom. The lowest BCUT2D eigenvalue weighted by Crippen LogP contribution is -2.51. The van der Waals surface area contributed by atoms with Crippen LogP contribution in [0, 0.1) is 5.82 Å². The maximum absolute atomic E-state index is 13.8. The summed E-state index contributed by atoms with van der Waals surface area (Å²) in [5.41, 5.74) is 0. The van der Waals surface area contributed by atoms with Crippen LogP contribution >= 0.6 is 24.0 Å². The van der Waals surface area contributed by atoms with Crippen molar-refractivity contribution in [1.82, 2.24) is 10.0 Å². The van der Waals surface area contributed by atoms with Crippen molar-refractivity contribution in [3.05, 3.63) is 29.0 Å². The maximum Gasteiger partial charge on any atom is 0.243 e. The summed E-state index contributed by atoms with van der Waals surface area (Å²) in [5, 5.41) is 2.99. The fourth-order valence-corrected chi connectivity index (χ4v) is 3.84. The average Bonchev–Trinajstić information content (AvgIpc) is 2.35. The lowest BCUT2D eigenvalue weighted by Gasteiger charge is -2.30. The third-order valence-electron chi connectivity index (χ3n) is 3.27. The van der Waals surface area contributed by atoms with E-state index in [9.17, 15) is 12.8 Å². The number of piperidine rings is 1. The van der Waals surface area contributed by atoms with E-state index in [0.29, 0.717) is 0 Å². The van der Waals surface area contributed by atoms with Crippen LogP contribution in [-0.4, -0.2) is 27.0 Å². The molecule has 1 aliphatic rings. The van der Waals surface area contributed by atoms with Crippen molar-refractivity contribution in [2.75, 3.05) is 6.54 Å². The first-order chi connectivity index (χ1) is 8.92. The summed E-state index contributed by atoms with van der Waals surface area (Å²) in [5.74, 6) is -0.909. The lowest BCUT2D eigenvalue weighted by molar-refractivity contribution is 0.348. The fraction of sp³-hybridized carbons (Fsp3) is 0.500. The number of nitrogens with one attached hydrogen (secondary N) is 2. The lowest BCUT2D eigenvalue weighted by atomic mass is 10.0. The van der Waals surface area contributed by atoms with Crippen LogP contribution in [-0.2, 0) is 10.0 Å². The van der Waals surface area contributed by atoms with Crippen LogP contribution in [0.1, 0.15) is 19.8 Å². The van der Waals surface area contributed by atoms with Gasteiger partial charge in [0.05, 0.1) is 5.02 Å². The van der Waals surface area contributed by atoms with Crippen LogP contribution in [0.15, 0.2) is 23.1 Å². The molecular formula is C12H17Cl2FN2O2S. The molecule has 2 N–H and O–H groups in total. The van der Waals surface area contributed by atoms with Gasteiger partial charge in [-0.1, -0.05) is 17.7 Å². The van der Waals surface area contributed by atoms with Crippen LogP contribution < -0.4 is 10.0 Å². The predicted octanol–water partition coefficient (Wildman–Crippen LogP) is 2.32. The van der Waals surface area contributed by atoms with E-state index in [1.54, 1.807) is 0 Å². The highest BCUT2D eigenvalue weighted by Crippen LogP contribution is 2.22. The maximum atomic E-state index is 13.8. The van der Waals surface area contributed by atoms with E-state index < -0.39 is 20.7 Å². The molecule has 1 aliphatic heterocycles. The zero-order chi connectivity index (χ0) is 14.0. The topological polar surface area (TPSA) is 58.2 Å². The standard InChI is InChI=1S/C12H16ClFN2O2S.ClH/c1-8-10(5-3-7-15-8)16-19(17,18)11-6-2-4-9(13)12(11)14;/h2,4,6,8,10,15-16H,3,5,7H2,1H3;1H. The Balaban J connectivity index is 0.00000200. The van der Waals surface area contributed by atoms with E-state index in [2.05, 4.69) is 10.0 Å². The zero-order valence-electron chi connectivity index (χ0n) is 10.9. The molecule has 0 bridgehead atoms. The SMILES string of the molecule is CC1NCCCC1NS(=O)(=O)c1cccc(Cl)c1F.Cl. The van der Waals surface area contributed by atoms with Crippen molar-refractivity contribution in [3.8, 4) is 0 Å². The van der Waals surface area contributed by atoms with Crippen molar-refractivity contribution in [3.63, 3.8) is 0 Å². The zero-order valence-corrected chi connectivity index (χ0v) is 13.3. The Hall–Kier alpha value is -0.400. The second-order valence-corrected chi connectivity index (χ2v) is 6.75. The van der Waals surface area contributed by atoms with Gasteiger partial charge in [-0.2, -0.15) is 0 Å². The number of benzene rings is 1. The molecule has 2 atom stereocenters. The van der Waals surface area contributed by atoms with Crippen LogP contribution in [0.2, 0.25) is 5.02 Å². The third-order valence-corrected chi connectivity index (χ3v) is 5.07. The van der Waals surface area contributed by atoms with Crippen molar-refractivity contribution in [2.24, 2.45) is 0 Å². The van der Waals surface area contributed by atoms with E-state index >= 15 is 0 Å². The molecule has 2 rings (SSSR count). The van der Waals surface area contributed by atoms with Gasteiger partial charge in [0.25, 0.3) is 0 Å². The highest BCUT2D eigenvalue weighted by Gasteiger charge is 2.28. The Morgan fingerprint density at radius 2 is 2.15 bits per heavy atom. The summed E-state index contributed by atoms with van der Waals surface area (Å²) in [6.07, 6.45) is 1.62. The molecule has 0 amide bonds. The van der Waals surface area contributed by atoms with Gasteiger partial charge >= 0.3 is 0 Å². The summed E-state index contributed by atoms with van der Waals surface area (Å²) in [7, 11) is -3.90.